The van der Waals surface area contributed by atoms with Crippen molar-refractivity contribution in [2.45, 2.75) is 39.0 Å². The lowest BCUT2D eigenvalue weighted by atomic mass is 10.0. The first-order chi connectivity index (χ1) is 10.6. The quantitative estimate of drug-likeness (QED) is 0.525. The molecule has 0 fully saturated rings. The van der Waals surface area contributed by atoms with Crippen molar-refractivity contribution in [3.05, 3.63) is 21.7 Å². The van der Waals surface area contributed by atoms with Crippen LogP contribution in [-0.2, 0) is 17.6 Å². The molecule has 1 aliphatic rings. The van der Waals surface area contributed by atoms with Gasteiger partial charge >= 0.3 is 5.97 Å². The molecule has 0 amide bonds. The van der Waals surface area contributed by atoms with E-state index in [-0.39, 0.29) is 6.61 Å². The highest BCUT2D eigenvalue weighted by Crippen LogP contribution is 2.39. The van der Waals surface area contributed by atoms with Crippen LogP contribution in [0.4, 0.5) is 5.69 Å². The lowest BCUT2D eigenvalue weighted by molar-refractivity contribution is 0.0557. The third-order valence-electron chi connectivity index (χ3n) is 4.06. The maximum Gasteiger partial charge on any atom is 0.343 e. The van der Waals surface area contributed by atoms with Crippen molar-refractivity contribution in [1.82, 2.24) is 4.98 Å². The molecular formula is C17H18N2O2S. The number of nitrogens with two attached hydrogens (primary N) is 1. The molecule has 0 atom stereocenters. The predicted molar refractivity (Wildman–Crippen MR) is 89.1 cm³/mol. The smallest absolute Gasteiger partial charge is 0.343 e. The number of pyridine rings is 1. The molecule has 2 heterocycles. The van der Waals surface area contributed by atoms with Crippen LogP contribution in [0, 0.1) is 19.3 Å². The molecule has 114 valence electrons. The van der Waals surface area contributed by atoms with Gasteiger partial charge < -0.3 is 10.5 Å². The zero-order valence-electron chi connectivity index (χ0n) is 12.6. The highest BCUT2D eigenvalue weighted by Gasteiger charge is 2.24. The maximum absolute atomic E-state index is 12.2. The number of nitrogen functional groups attached to an aromatic ring is 1. The van der Waals surface area contributed by atoms with Gasteiger partial charge in [-0.15, -0.1) is 17.8 Å². The fourth-order valence-corrected chi connectivity index (χ4v) is 4.37. The molecule has 0 saturated heterocycles. The lowest BCUT2D eigenvalue weighted by Crippen LogP contribution is -2.12. The minimum absolute atomic E-state index is 0.0580. The van der Waals surface area contributed by atoms with Crippen LogP contribution in [0.3, 0.4) is 0 Å². The van der Waals surface area contributed by atoms with Crippen LogP contribution in [0.5, 0.6) is 0 Å². The number of carbonyl (C=O) groups is 1. The standard InChI is InChI=1S/C17H18N2O2S/c1-3-9-21-17(20)13-10(2)19-16-14(15(13)18)11-7-5-4-6-8-12(11)22-16/h1H,4-9H2,2H3,(H2,18,19). The normalized spacial score (nSPS) is 14.2. The van der Waals surface area contributed by atoms with Crippen LogP contribution in [0.15, 0.2) is 0 Å². The SMILES string of the molecule is C#CCOC(=O)c1c(C)nc2sc3c(c2c1N)CCCCC3. The molecule has 0 bridgehead atoms. The number of aryl methyl sites for hydroxylation is 3. The summed E-state index contributed by atoms with van der Waals surface area (Å²) in [6, 6.07) is 0. The Hall–Kier alpha value is -2.06. The van der Waals surface area contributed by atoms with E-state index in [0.717, 1.165) is 29.5 Å². The Morgan fingerprint density at radius 3 is 2.95 bits per heavy atom. The molecule has 0 radical (unpaired) electrons. The Morgan fingerprint density at radius 1 is 1.41 bits per heavy atom. The Bertz CT molecular complexity index is 786. The molecule has 2 aromatic heterocycles. The van der Waals surface area contributed by atoms with E-state index in [4.69, 9.17) is 16.9 Å². The second-order valence-corrected chi connectivity index (χ2v) is 6.59. The number of aromatic nitrogens is 1. The van der Waals surface area contributed by atoms with Crippen LogP contribution >= 0.6 is 11.3 Å². The number of ether oxygens (including phenoxy) is 1. The van der Waals surface area contributed by atoms with E-state index in [1.165, 1.54) is 23.3 Å². The number of hydrogen-bond acceptors (Lipinski definition) is 5. The van der Waals surface area contributed by atoms with Gasteiger partial charge in [0.1, 0.15) is 10.4 Å². The Balaban J connectivity index is 2.17. The Morgan fingerprint density at radius 2 is 2.18 bits per heavy atom. The van der Waals surface area contributed by atoms with Crippen molar-refractivity contribution >= 4 is 33.2 Å². The van der Waals surface area contributed by atoms with Crippen molar-refractivity contribution in [2.24, 2.45) is 0 Å². The number of fused-ring (bicyclic) bond motifs is 3. The molecule has 3 rings (SSSR count). The molecule has 1 aliphatic carbocycles. The Kier molecular flexibility index (Phi) is 4.04. The summed E-state index contributed by atoms with van der Waals surface area (Å²) in [6.07, 6.45) is 10.8. The summed E-state index contributed by atoms with van der Waals surface area (Å²) < 4.78 is 5.04. The molecule has 2 aromatic rings. The van der Waals surface area contributed by atoms with Gasteiger partial charge in [0.2, 0.25) is 0 Å². The van der Waals surface area contributed by atoms with Crippen molar-refractivity contribution in [3.63, 3.8) is 0 Å². The zero-order chi connectivity index (χ0) is 15.7. The molecule has 0 spiro atoms. The monoisotopic (exact) mass is 314 g/mol. The van der Waals surface area contributed by atoms with Gasteiger partial charge in [-0.2, -0.15) is 0 Å². The van der Waals surface area contributed by atoms with E-state index in [2.05, 4.69) is 10.9 Å². The molecule has 0 aliphatic heterocycles. The highest BCUT2D eigenvalue weighted by atomic mass is 32.1. The van der Waals surface area contributed by atoms with Gasteiger partial charge in [0.25, 0.3) is 0 Å². The summed E-state index contributed by atoms with van der Waals surface area (Å²) in [5.74, 6) is 1.81. The number of anilines is 1. The largest absolute Gasteiger partial charge is 0.449 e. The van der Waals surface area contributed by atoms with E-state index in [1.807, 2.05) is 0 Å². The number of terminal acetylenes is 1. The second-order valence-electron chi connectivity index (χ2n) is 5.51. The summed E-state index contributed by atoms with van der Waals surface area (Å²) in [4.78, 5) is 19.1. The van der Waals surface area contributed by atoms with Crippen LogP contribution in [0.1, 0.15) is 45.8 Å². The first-order valence-corrected chi connectivity index (χ1v) is 8.26. The molecule has 0 unspecified atom stereocenters. The van der Waals surface area contributed by atoms with Crippen molar-refractivity contribution in [1.29, 1.82) is 0 Å². The third-order valence-corrected chi connectivity index (χ3v) is 5.25. The number of nitrogens with zero attached hydrogens (tertiary/aromatic N) is 1. The minimum atomic E-state index is -0.490. The van der Waals surface area contributed by atoms with Gasteiger partial charge in [-0.3, -0.25) is 0 Å². The summed E-state index contributed by atoms with van der Waals surface area (Å²) in [5, 5.41) is 0.945. The summed E-state index contributed by atoms with van der Waals surface area (Å²) in [6.45, 7) is 1.73. The second kappa shape index (κ2) is 5.98. The lowest BCUT2D eigenvalue weighted by Gasteiger charge is -2.10. The van der Waals surface area contributed by atoms with Crippen molar-refractivity contribution in [3.8, 4) is 12.3 Å². The van der Waals surface area contributed by atoms with E-state index < -0.39 is 5.97 Å². The molecule has 2 N–H and O–H groups in total. The zero-order valence-corrected chi connectivity index (χ0v) is 13.4. The van der Waals surface area contributed by atoms with Crippen LogP contribution in [-0.4, -0.2) is 17.6 Å². The average molecular weight is 314 g/mol. The van der Waals surface area contributed by atoms with Crippen LogP contribution in [0.25, 0.3) is 10.2 Å². The molecular weight excluding hydrogens is 296 g/mol. The number of hydrogen-bond donors (Lipinski definition) is 1. The van der Waals surface area contributed by atoms with Gasteiger partial charge in [0.05, 0.1) is 11.4 Å². The van der Waals surface area contributed by atoms with Crippen LogP contribution < -0.4 is 5.73 Å². The van der Waals surface area contributed by atoms with E-state index >= 15 is 0 Å². The first kappa shape index (κ1) is 14.9. The van der Waals surface area contributed by atoms with Gasteiger partial charge in [-0.25, -0.2) is 9.78 Å². The van der Waals surface area contributed by atoms with Gasteiger partial charge in [-0.05, 0) is 38.2 Å². The molecule has 5 heteroatoms. The average Bonchev–Trinajstić information content (AvgIpc) is 2.66. The molecule has 4 nitrogen and oxygen atoms in total. The predicted octanol–water partition coefficient (Wildman–Crippen LogP) is 3.25. The van der Waals surface area contributed by atoms with Crippen molar-refractivity contribution < 1.29 is 9.53 Å². The number of esters is 1. The van der Waals surface area contributed by atoms with Gasteiger partial charge in [-0.1, -0.05) is 12.3 Å². The van der Waals surface area contributed by atoms with E-state index in [9.17, 15) is 4.79 Å². The fourth-order valence-electron chi connectivity index (χ4n) is 3.05. The van der Waals surface area contributed by atoms with E-state index in [1.54, 1.807) is 18.3 Å². The van der Waals surface area contributed by atoms with Crippen LogP contribution in [0.2, 0.25) is 0 Å². The molecule has 22 heavy (non-hydrogen) atoms. The number of carbonyl (C=O) groups excluding carboxylic acids is 1. The van der Waals surface area contributed by atoms with Crippen molar-refractivity contribution in [2.75, 3.05) is 12.3 Å². The number of thiophene rings is 1. The third kappa shape index (κ3) is 2.44. The molecule has 0 saturated carbocycles. The Labute approximate surface area is 133 Å². The topological polar surface area (TPSA) is 65.2 Å². The maximum atomic E-state index is 12.2. The van der Waals surface area contributed by atoms with Gasteiger partial charge in [0, 0.05) is 10.3 Å². The number of rotatable bonds is 2. The van der Waals surface area contributed by atoms with Gasteiger partial charge in [0.15, 0.2) is 6.61 Å². The molecule has 0 aromatic carbocycles. The van der Waals surface area contributed by atoms with E-state index in [0.29, 0.717) is 16.9 Å². The highest BCUT2D eigenvalue weighted by molar-refractivity contribution is 7.19. The summed E-state index contributed by atoms with van der Waals surface area (Å²) >= 11 is 1.70. The fraction of sp³-hybridized carbons (Fsp3) is 0.412. The first-order valence-electron chi connectivity index (χ1n) is 7.44. The minimum Gasteiger partial charge on any atom is -0.449 e. The summed E-state index contributed by atoms with van der Waals surface area (Å²) in [5.41, 5.74) is 9.04. The summed E-state index contributed by atoms with van der Waals surface area (Å²) in [7, 11) is 0.